The lowest BCUT2D eigenvalue weighted by Gasteiger charge is -2.24. The molecule has 0 radical (unpaired) electrons. The van der Waals surface area contributed by atoms with Gasteiger partial charge in [0.05, 0.1) is 6.42 Å². The molecule has 1 atom stereocenters. The molecule has 8 heteroatoms. The highest BCUT2D eigenvalue weighted by Crippen LogP contribution is 2.33. The molecule has 2 aliphatic rings. The minimum Gasteiger partial charge on any atom is -0.454 e. The van der Waals surface area contributed by atoms with Gasteiger partial charge in [-0.3, -0.25) is 14.5 Å². The molecule has 29 heavy (non-hydrogen) atoms. The molecule has 1 unspecified atom stereocenters. The second-order valence-corrected chi connectivity index (χ2v) is 7.18. The van der Waals surface area contributed by atoms with Crippen LogP contribution in [0, 0.1) is 0 Å². The highest BCUT2D eigenvalue weighted by molar-refractivity contribution is 7.80. The summed E-state index contributed by atoms with van der Waals surface area (Å²) in [6.07, 6.45) is 0.0227. The van der Waals surface area contributed by atoms with Crippen LogP contribution in [0.4, 0.5) is 5.69 Å². The van der Waals surface area contributed by atoms with Crippen molar-refractivity contribution in [1.29, 1.82) is 0 Å². The van der Waals surface area contributed by atoms with E-state index >= 15 is 0 Å². The van der Waals surface area contributed by atoms with Crippen LogP contribution in [0.5, 0.6) is 11.5 Å². The summed E-state index contributed by atoms with van der Waals surface area (Å²) in [5.74, 6) is 0.986. The van der Waals surface area contributed by atoms with E-state index < -0.39 is 6.04 Å². The lowest BCUT2D eigenvalue weighted by molar-refractivity contribution is -0.130. The molecule has 1 N–H and O–H groups in total. The summed E-state index contributed by atoms with van der Waals surface area (Å²) in [5, 5.41) is 3.28. The van der Waals surface area contributed by atoms with E-state index in [-0.39, 0.29) is 25.0 Å². The van der Waals surface area contributed by atoms with Gasteiger partial charge in [-0.05, 0) is 49.0 Å². The molecule has 1 saturated heterocycles. The van der Waals surface area contributed by atoms with Crippen molar-refractivity contribution in [2.45, 2.75) is 25.9 Å². The lowest BCUT2D eigenvalue weighted by atomic mass is 10.1. The maximum absolute atomic E-state index is 12.9. The number of amides is 2. The number of thiocarbonyl (C=S) groups is 1. The Hall–Kier alpha value is -3.13. The number of carbonyl (C=O) groups excluding carboxylic acids is 2. The van der Waals surface area contributed by atoms with Crippen LogP contribution in [0.3, 0.4) is 0 Å². The Bertz CT molecular complexity index is 950. The Morgan fingerprint density at radius 3 is 2.69 bits per heavy atom. The van der Waals surface area contributed by atoms with E-state index in [1.807, 2.05) is 60.4 Å². The molecule has 2 aromatic carbocycles. The fraction of sp³-hybridized carbons (Fsp3) is 0.286. The standard InChI is InChI=1S/C21H21N3O4S/c1-2-23-20(26)16(11-19(25)22-15-6-4-3-5-7-15)24(21(23)29)12-14-8-9-17-18(10-14)28-13-27-17/h3-10,16H,2,11-13H2,1H3,(H,22,25). The number of carbonyl (C=O) groups is 2. The SMILES string of the molecule is CCN1C(=O)C(CC(=O)Nc2ccccc2)N(Cc2ccc3c(c2)OCO3)C1=S. The van der Waals surface area contributed by atoms with Crippen LogP contribution in [-0.4, -0.2) is 46.1 Å². The van der Waals surface area contributed by atoms with Gasteiger partial charge >= 0.3 is 0 Å². The van der Waals surface area contributed by atoms with Gasteiger partial charge in [-0.15, -0.1) is 0 Å². The lowest BCUT2D eigenvalue weighted by Crippen LogP contribution is -2.37. The molecule has 0 spiro atoms. The van der Waals surface area contributed by atoms with E-state index in [0.29, 0.717) is 35.4 Å². The monoisotopic (exact) mass is 411 g/mol. The fourth-order valence-corrected chi connectivity index (χ4v) is 3.92. The molecule has 0 aliphatic carbocycles. The van der Waals surface area contributed by atoms with Crippen molar-refractivity contribution in [3.05, 3.63) is 54.1 Å². The first-order chi connectivity index (χ1) is 14.1. The molecule has 150 valence electrons. The first-order valence-corrected chi connectivity index (χ1v) is 9.83. The Balaban J connectivity index is 1.52. The van der Waals surface area contributed by atoms with Gasteiger partial charge in [-0.2, -0.15) is 0 Å². The number of anilines is 1. The average molecular weight is 411 g/mol. The minimum atomic E-state index is -0.642. The number of hydrogen-bond acceptors (Lipinski definition) is 5. The van der Waals surface area contributed by atoms with Crippen LogP contribution in [0.15, 0.2) is 48.5 Å². The third-order valence-electron chi connectivity index (χ3n) is 4.95. The van der Waals surface area contributed by atoms with Crippen molar-refractivity contribution in [2.75, 3.05) is 18.7 Å². The topological polar surface area (TPSA) is 71.1 Å². The van der Waals surface area contributed by atoms with Gasteiger partial charge in [0.25, 0.3) is 5.91 Å². The van der Waals surface area contributed by atoms with E-state index in [1.165, 1.54) is 0 Å². The largest absolute Gasteiger partial charge is 0.454 e. The first-order valence-electron chi connectivity index (χ1n) is 9.42. The zero-order chi connectivity index (χ0) is 20.4. The molecule has 4 rings (SSSR count). The number of nitrogens with one attached hydrogen (secondary N) is 1. The fourth-order valence-electron chi connectivity index (χ4n) is 3.51. The highest BCUT2D eigenvalue weighted by atomic mass is 32.1. The molecule has 2 aliphatic heterocycles. The van der Waals surface area contributed by atoms with Crippen molar-refractivity contribution in [3.63, 3.8) is 0 Å². The summed E-state index contributed by atoms with van der Waals surface area (Å²) in [5.41, 5.74) is 1.62. The maximum atomic E-state index is 12.9. The highest BCUT2D eigenvalue weighted by Gasteiger charge is 2.42. The van der Waals surface area contributed by atoms with Crippen LogP contribution in [0.2, 0.25) is 0 Å². The molecule has 2 amide bonds. The van der Waals surface area contributed by atoms with Crippen LogP contribution in [0.25, 0.3) is 0 Å². The second kappa shape index (κ2) is 8.08. The molecule has 2 heterocycles. The number of para-hydroxylation sites is 1. The minimum absolute atomic E-state index is 0.0227. The van der Waals surface area contributed by atoms with Crippen molar-refractivity contribution in [2.24, 2.45) is 0 Å². The van der Waals surface area contributed by atoms with E-state index in [4.69, 9.17) is 21.7 Å². The summed E-state index contributed by atoms with van der Waals surface area (Å²) in [6.45, 7) is 2.94. The van der Waals surface area contributed by atoms with Gasteiger partial charge < -0.3 is 19.7 Å². The van der Waals surface area contributed by atoms with Crippen molar-refractivity contribution in [1.82, 2.24) is 9.80 Å². The molecular formula is C21H21N3O4S. The number of likely N-dealkylation sites (N-methyl/N-ethyl adjacent to an activating group) is 1. The molecule has 0 bridgehead atoms. The van der Waals surface area contributed by atoms with Gasteiger partial charge in [-0.25, -0.2) is 0 Å². The number of fused-ring (bicyclic) bond motifs is 1. The van der Waals surface area contributed by atoms with E-state index in [9.17, 15) is 9.59 Å². The van der Waals surface area contributed by atoms with Gasteiger partial charge in [0, 0.05) is 18.8 Å². The number of rotatable bonds is 6. The summed E-state index contributed by atoms with van der Waals surface area (Å²) >= 11 is 5.54. The van der Waals surface area contributed by atoms with Crippen molar-refractivity contribution < 1.29 is 19.1 Å². The summed E-state index contributed by atoms with van der Waals surface area (Å²) < 4.78 is 10.8. The zero-order valence-corrected chi connectivity index (χ0v) is 16.8. The third-order valence-corrected chi connectivity index (χ3v) is 5.40. The average Bonchev–Trinajstić information content (AvgIpc) is 3.26. The summed E-state index contributed by atoms with van der Waals surface area (Å²) in [7, 11) is 0. The quantitative estimate of drug-likeness (QED) is 0.737. The van der Waals surface area contributed by atoms with Crippen molar-refractivity contribution >= 4 is 34.8 Å². The Morgan fingerprint density at radius 1 is 1.17 bits per heavy atom. The summed E-state index contributed by atoms with van der Waals surface area (Å²) in [4.78, 5) is 28.8. The second-order valence-electron chi connectivity index (χ2n) is 6.81. The van der Waals surface area contributed by atoms with Gasteiger partial charge in [0.1, 0.15) is 6.04 Å². The van der Waals surface area contributed by atoms with Crippen LogP contribution < -0.4 is 14.8 Å². The van der Waals surface area contributed by atoms with E-state index in [0.717, 1.165) is 5.56 Å². The third kappa shape index (κ3) is 3.88. The summed E-state index contributed by atoms with van der Waals surface area (Å²) in [6, 6.07) is 14.2. The van der Waals surface area contributed by atoms with Gasteiger partial charge in [-0.1, -0.05) is 24.3 Å². The molecule has 1 fully saturated rings. The zero-order valence-electron chi connectivity index (χ0n) is 16.0. The van der Waals surface area contributed by atoms with Crippen LogP contribution in [0.1, 0.15) is 18.9 Å². The smallest absolute Gasteiger partial charge is 0.252 e. The van der Waals surface area contributed by atoms with E-state index in [2.05, 4.69) is 5.32 Å². The molecule has 0 saturated carbocycles. The first kappa shape index (κ1) is 19.2. The van der Waals surface area contributed by atoms with E-state index in [1.54, 1.807) is 4.90 Å². The van der Waals surface area contributed by atoms with Crippen LogP contribution in [-0.2, 0) is 16.1 Å². The molecule has 2 aromatic rings. The molecular weight excluding hydrogens is 390 g/mol. The number of hydrogen-bond donors (Lipinski definition) is 1. The van der Waals surface area contributed by atoms with Crippen molar-refractivity contribution in [3.8, 4) is 11.5 Å². The van der Waals surface area contributed by atoms with Crippen LogP contribution >= 0.6 is 12.2 Å². The molecule has 7 nitrogen and oxygen atoms in total. The molecule has 0 aromatic heterocycles. The Kier molecular flexibility index (Phi) is 5.35. The number of benzene rings is 2. The maximum Gasteiger partial charge on any atom is 0.252 e. The predicted molar refractivity (Wildman–Crippen MR) is 112 cm³/mol. The van der Waals surface area contributed by atoms with Gasteiger partial charge in [0.2, 0.25) is 12.7 Å². The normalized spacial score (nSPS) is 17.8. The Labute approximate surface area is 174 Å². The number of nitrogens with zero attached hydrogens (tertiary/aromatic N) is 2. The van der Waals surface area contributed by atoms with Gasteiger partial charge in [0.15, 0.2) is 16.6 Å². The number of ether oxygens (including phenoxy) is 2. The predicted octanol–water partition coefficient (Wildman–Crippen LogP) is 2.76. The Morgan fingerprint density at radius 2 is 1.93 bits per heavy atom.